The molecule has 1 aliphatic rings. The molecule has 0 fully saturated rings. The molecule has 0 spiro atoms. The highest BCUT2D eigenvalue weighted by Gasteiger charge is 2.29. The summed E-state index contributed by atoms with van der Waals surface area (Å²) in [6.07, 6.45) is 0. The standard InChI is InChI=1S/C19H11ClN2O5/c20-11-6-7-15-14(8-11)21-19(23)18-16(26-13-4-2-1-3-5-13)9-12(22(24)25)10-17(18)27-15/h1-10H,(H,21,23). The number of ether oxygens (including phenoxy) is 2. The van der Waals surface area contributed by atoms with Crippen LogP contribution < -0.4 is 14.8 Å². The quantitative estimate of drug-likeness (QED) is 0.483. The second kappa shape index (κ2) is 6.62. The minimum Gasteiger partial charge on any atom is -0.456 e. The fourth-order valence-corrected chi connectivity index (χ4v) is 2.85. The van der Waals surface area contributed by atoms with E-state index in [0.717, 1.165) is 0 Å². The molecular weight excluding hydrogens is 372 g/mol. The molecule has 1 amide bonds. The number of para-hydroxylation sites is 1. The zero-order valence-corrected chi connectivity index (χ0v) is 14.4. The van der Waals surface area contributed by atoms with E-state index in [1.165, 1.54) is 18.2 Å². The van der Waals surface area contributed by atoms with E-state index in [1.54, 1.807) is 42.5 Å². The van der Waals surface area contributed by atoms with Gasteiger partial charge in [0.05, 0.1) is 22.7 Å². The van der Waals surface area contributed by atoms with Gasteiger partial charge >= 0.3 is 0 Å². The van der Waals surface area contributed by atoms with Crippen molar-refractivity contribution in [3.63, 3.8) is 0 Å². The molecule has 4 rings (SSSR count). The van der Waals surface area contributed by atoms with Gasteiger partial charge in [-0.25, -0.2) is 0 Å². The summed E-state index contributed by atoms with van der Waals surface area (Å²) < 4.78 is 11.5. The summed E-state index contributed by atoms with van der Waals surface area (Å²) in [5.74, 6) is 0.262. The summed E-state index contributed by atoms with van der Waals surface area (Å²) >= 11 is 5.97. The van der Waals surface area contributed by atoms with Crippen LogP contribution in [-0.2, 0) is 0 Å². The van der Waals surface area contributed by atoms with Crippen LogP contribution in [0.4, 0.5) is 11.4 Å². The predicted octanol–water partition coefficient (Wildman–Crippen LogP) is 5.40. The maximum absolute atomic E-state index is 12.8. The lowest BCUT2D eigenvalue weighted by Crippen LogP contribution is -2.12. The lowest BCUT2D eigenvalue weighted by molar-refractivity contribution is -0.385. The molecule has 27 heavy (non-hydrogen) atoms. The minimum absolute atomic E-state index is 0.0156. The first-order valence-electron chi connectivity index (χ1n) is 7.85. The summed E-state index contributed by atoms with van der Waals surface area (Å²) in [6, 6.07) is 15.7. The molecule has 0 radical (unpaired) electrons. The highest BCUT2D eigenvalue weighted by atomic mass is 35.5. The Bertz CT molecular complexity index is 1070. The van der Waals surface area contributed by atoms with E-state index in [9.17, 15) is 14.9 Å². The van der Waals surface area contributed by atoms with Crippen LogP contribution in [0.5, 0.6) is 23.0 Å². The second-order valence-corrected chi connectivity index (χ2v) is 6.12. The minimum atomic E-state index is -0.576. The Hall–Kier alpha value is -3.58. The number of hydrogen-bond donors (Lipinski definition) is 1. The van der Waals surface area contributed by atoms with Crippen molar-refractivity contribution >= 4 is 28.9 Å². The van der Waals surface area contributed by atoms with Gasteiger partial charge in [0.25, 0.3) is 11.6 Å². The largest absolute Gasteiger partial charge is 0.456 e. The number of carbonyl (C=O) groups is 1. The number of nitro groups is 1. The second-order valence-electron chi connectivity index (χ2n) is 5.69. The van der Waals surface area contributed by atoms with Gasteiger partial charge in [0.1, 0.15) is 11.3 Å². The van der Waals surface area contributed by atoms with Gasteiger partial charge in [0.15, 0.2) is 17.2 Å². The van der Waals surface area contributed by atoms with E-state index in [-0.39, 0.29) is 22.7 Å². The Kier molecular flexibility index (Phi) is 4.13. The number of benzene rings is 3. The summed E-state index contributed by atoms with van der Waals surface area (Å²) in [7, 11) is 0. The van der Waals surface area contributed by atoms with E-state index < -0.39 is 10.8 Å². The Labute approximate surface area is 158 Å². The van der Waals surface area contributed by atoms with Crippen molar-refractivity contribution in [2.45, 2.75) is 0 Å². The maximum Gasteiger partial charge on any atom is 0.276 e. The van der Waals surface area contributed by atoms with Crippen molar-refractivity contribution in [2.75, 3.05) is 5.32 Å². The number of nitrogens with one attached hydrogen (secondary N) is 1. The van der Waals surface area contributed by atoms with Crippen molar-refractivity contribution < 1.29 is 19.2 Å². The van der Waals surface area contributed by atoms with Crippen molar-refractivity contribution in [1.82, 2.24) is 0 Å². The zero-order chi connectivity index (χ0) is 19.0. The Morgan fingerprint density at radius 3 is 2.56 bits per heavy atom. The zero-order valence-electron chi connectivity index (χ0n) is 13.6. The van der Waals surface area contributed by atoms with Crippen molar-refractivity contribution in [3.05, 3.63) is 81.4 Å². The molecule has 1 N–H and O–H groups in total. The van der Waals surface area contributed by atoms with Gasteiger partial charge in [0, 0.05) is 5.02 Å². The van der Waals surface area contributed by atoms with Crippen LogP contribution in [0.25, 0.3) is 0 Å². The van der Waals surface area contributed by atoms with E-state index >= 15 is 0 Å². The van der Waals surface area contributed by atoms with Gasteiger partial charge in [-0.2, -0.15) is 0 Å². The SMILES string of the molecule is O=C1Nc2cc(Cl)ccc2Oc2cc([N+](=O)[O-])cc(Oc3ccccc3)c21. The van der Waals surface area contributed by atoms with Gasteiger partial charge in [-0.05, 0) is 30.3 Å². The summed E-state index contributed by atoms with van der Waals surface area (Å²) in [6.45, 7) is 0. The molecule has 0 aliphatic carbocycles. The predicted molar refractivity (Wildman–Crippen MR) is 99.1 cm³/mol. The molecule has 1 aliphatic heterocycles. The molecule has 3 aromatic rings. The third-order valence-electron chi connectivity index (χ3n) is 3.87. The number of anilines is 1. The molecule has 1 heterocycles. The summed E-state index contributed by atoms with van der Waals surface area (Å²) in [5, 5.41) is 14.4. The Morgan fingerprint density at radius 1 is 1.04 bits per heavy atom. The number of halogens is 1. The highest BCUT2D eigenvalue weighted by Crippen LogP contribution is 2.43. The van der Waals surface area contributed by atoms with Crippen LogP contribution in [0.15, 0.2) is 60.7 Å². The number of rotatable bonds is 3. The maximum atomic E-state index is 12.8. The van der Waals surface area contributed by atoms with Crippen molar-refractivity contribution in [1.29, 1.82) is 0 Å². The average molecular weight is 383 g/mol. The third kappa shape index (κ3) is 3.28. The molecule has 134 valence electrons. The normalized spacial score (nSPS) is 12.1. The molecule has 3 aromatic carbocycles. The molecule has 0 aromatic heterocycles. The molecule has 0 saturated carbocycles. The Balaban J connectivity index is 1.87. The number of carbonyl (C=O) groups excluding carboxylic acids is 1. The monoisotopic (exact) mass is 382 g/mol. The van der Waals surface area contributed by atoms with Crippen molar-refractivity contribution in [3.8, 4) is 23.0 Å². The number of amides is 1. The van der Waals surface area contributed by atoms with E-state index in [4.69, 9.17) is 21.1 Å². The van der Waals surface area contributed by atoms with Crippen molar-refractivity contribution in [2.24, 2.45) is 0 Å². The lowest BCUT2D eigenvalue weighted by Gasteiger charge is -2.12. The van der Waals surface area contributed by atoms with Gasteiger partial charge in [-0.3, -0.25) is 14.9 Å². The Morgan fingerprint density at radius 2 is 1.81 bits per heavy atom. The van der Waals surface area contributed by atoms with Crippen LogP contribution in [-0.4, -0.2) is 10.8 Å². The third-order valence-corrected chi connectivity index (χ3v) is 4.10. The smallest absolute Gasteiger partial charge is 0.276 e. The highest BCUT2D eigenvalue weighted by molar-refractivity contribution is 6.31. The first kappa shape index (κ1) is 16.9. The summed E-state index contributed by atoms with van der Waals surface area (Å²) in [4.78, 5) is 23.5. The molecule has 0 atom stereocenters. The molecular formula is C19H11ClN2O5. The fourth-order valence-electron chi connectivity index (χ4n) is 2.67. The van der Waals surface area contributed by atoms with E-state index in [2.05, 4.69) is 5.32 Å². The van der Waals surface area contributed by atoms with Gasteiger partial charge in [-0.15, -0.1) is 0 Å². The van der Waals surface area contributed by atoms with E-state index in [1.807, 2.05) is 0 Å². The van der Waals surface area contributed by atoms with Crippen LogP contribution in [0, 0.1) is 10.1 Å². The molecule has 8 heteroatoms. The first-order chi connectivity index (χ1) is 13.0. The molecule has 0 saturated heterocycles. The van der Waals surface area contributed by atoms with E-state index in [0.29, 0.717) is 22.2 Å². The number of fused-ring (bicyclic) bond motifs is 2. The van der Waals surface area contributed by atoms with Crippen LogP contribution in [0.3, 0.4) is 0 Å². The summed E-state index contributed by atoms with van der Waals surface area (Å²) in [5.41, 5.74) is 0.152. The average Bonchev–Trinajstić information content (AvgIpc) is 2.77. The molecule has 0 unspecified atom stereocenters. The number of nitro benzene ring substituents is 1. The first-order valence-corrected chi connectivity index (χ1v) is 8.23. The number of non-ortho nitro benzene ring substituents is 1. The number of nitrogens with zero attached hydrogens (tertiary/aromatic N) is 1. The van der Waals surface area contributed by atoms with Gasteiger partial charge < -0.3 is 14.8 Å². The molecule has 0 bridgehead atoms. The van der Waals surface area contributed by atoms with Crippen LogP contribution in [0.1, 0.15) is 10.4 Å². The van der Waals surface area contributed by atoms with Crippen LogP contribution in [0.2, 0.25) is 5.02 Å². The van der Waals surface area contributed by atoms with Gasteiger partial charge in [-0.1, -0.05) is 29.8 Å². The number of hydrogen-bond acceptors (Lipinski definition) is 5. The fraction of sp³-hybridized carbons (Fsp3) is 0. The lowest BCUT2D eigenvalue weighted by atomic mass is 10.1. The van der Waals surface area contributed by atoms with Gasteiger partial charge in [0.2, 0.25) is 0 Å². The van der Waals surface area contributed by atoms with Crippen LogP contribution >= 0.6 is 11.6 Å². The topological polar surface area (TPSA) is 90.7 Å². The molecule has 7 nitrogen and oxygen atoms in total.